The Morgan fingerprint density at radius 1 is 1.48 bits per heavy atom. The average Bonchev–Trinajstić information content (AvgIpc) is 3.05. The molecule has 0 radical (unpaired) electrons. The minimum atomic E-state index is -0.959. The molecule has 1 aromatic rings. The van der Waals surface area contributed by atoms with Crippen LogP contribution < -0.4 is 5.32 Å². The van der Waals surface area contributed by atoms with Crippen molar-refractivity contribution in [3.05, 3.63) is 11.1 Å². The van der Waals surface area contributed by atoms with E-state index in [0.29, 0.717) is 23.4 Å². The zero-order valence-corrected chi connectivity index (χ0v) is 12.1. The van der Waals surface area contributed by atoms with Crippen molar-refractivity contribution in [2.24, 2.45) is 5.92 Å². The van der Waals surface area contributed by atoms with Gasteiger partial charge in [-0.3, -0.25) is 14.4 Å². The van der Waals surface area contributed by atoms with Gasteiger partial charge >= 0.3 is 5.97 Å². The maximum Gasteiger partial charge on any atom is 0.309 e. The molecule has 7 nitrogen and oxygen atoms in total. The molecule has 1 saturated heterocycles. The van der Waals surface area contributed by atoms with Crippen LogP contribution in [0.2, 0.25) is 0 Å². The van der Waals surface area contributed by atoms with Crippen molar-refractivity contribution in [1.82, 2.24) is 9.88 Å². The molecule has 8 heteroatoms. The first-order valence-corrected chi connectivity index (χ1v) is 7.67. The van der Waals surface area contributed by atoms with Crippen molar-refractivity contribution in [2.45, 2.75) is 31.7 Å². The Balaban J connectivity index is 1.57. The van der Waals surface area contributed by atoms with E-state index in [0.717, 1.165) is 12.8 Å². The largest absolute Gasteiger partial charge is 0.481 e. The Labute approximate surface area is 125 Å². The van der Waals surface area contributed by atoms with Crippen LogP contribution >= 0.6 is 11.3 Å². The number of nitrogens with one attached hydrogen (secondary N) is 1. The van der Waals surface area contributed by atoms with E-state index < -0.39 is 5.97 Å². The summed E-state index contributed by atoms with van der Waals surface area (Å²) >= 11 is 1.19. The lowest BCUT2D eigenvalue weighted by Gasteiger charge is -2.14. The van der Waals surface area contributed by atoms with Gasteiger partial charge in [0.15, 0.2) is 5.13 Å². The molecule has 3 rings (SSSR count). The quantitative estimate of drug-likeness (QED) is 0.835. The molecule has 0 spiro atoms. The van der Waals surface area contributed by atoms with Crippen LogP contribution in [0.4, 0.5) is 5.13 Å². The molecule has 1 aliphatic heterocycles. The zero-order chi connectivity index (χ0) is 15.0. The second kappa shape index (κ2) is 5.44. The van der Waals surface area contributed by atoms with Crippen molar-refractivity contribution >= 4 is 34.3 Å². The van der Waals surface area contributed by atoms with Crippen molar-refractivity contribution in [3.8, 4) is 0 Å². The van der Waals surface area contributed by atoms with Crippen molar-refractivity contribution < 1.29 is 19.5 Å². The monoisotopic (exact) mass is 309 g/mol. The molecular weight excluding hydrogens is 294 g/mol. The first-order chi connectivity index (χ1) is 10.0. The van der Waals surface area contributed by atoms with Crippen LogP contribution in [0.5, 0.6) is 0 Å². The number of aliphatic carboxylic acids is 1. The van der Waals surface area contributed by atoms with Crippen LogP contribution in [0.3, 0.4) is 0 Å². The molecular formula is C13H15N3O4S. The first kappa shape index (κ1) is 14.0. The molecule has 1 aliphatic carbocycles. The fourth-order valence-corrected chi connectivity index (χ4v) is 3.17. The number of aromatic nitrogens is 1. The van der Waals surface area contributed by atoms with E-state index in [1.165, 1.54) is 11.3 Å². The Morgan fingerprint density at radius 3 is 2.90 bits per heavy atom. The number of nitrogens with zero attached hydrogens (tertiary/aromatic N) is 2. The van der Waals surface area contributed by atoms with Gasteiger partial charge in [0.05, 0.1) is 18.0 Å². The lowest BCUT2D eigenvalue weighted by atomic mass is 10.1. The van der Waals surface area contributed by atoms with Crippen LogP contribution in [-0.4, -0.2) is 45.4 Å². The number of carbonyl (C=O) groups is 3. The number of thiazole rings is 1. The average molecular weight is 309 g/mol. The number of carbonyl (C=O) groups excluding carboxylic acids is 2. The molecule has 2 N–H and O–H groups in total. The van der Waals surface area contributed by atoms with Gasteiger partial charge in [0, 0.05) is 24.4 Å². The van der Waals surface area contributed by atoms with Crippen LogP contribution in [0.15, 0.2) is 5.38 Å². The lowest BCUT2D eigenvalue weighted by Crippen LogP contribution is -2.29. The van der Waals surface area contributed by atoms with E-state index in [1.54, 1.807) is 10.3 Å². The number of hydrogen-bond donors (Lipinski definition) is 2. The van der Waals surface area contributed by atoms with Gasteiger partial charge in [0.25, 0.3) is 0 Å². The molecule has 2 amide bonds. The normalized spacial score (nSPS) is 21.6. The Kier molecular flexibility index (Phi) is 3.62. The third kappa shape index (κ3) is 3.21. The van der Waals surface area contributed by atoms with Crippen molar-refractivity contribution in [1.29, 1.82) is 0 Å². The maximum absolute atomic E-state index is 12.1. The van der Waals surface area contributed by atoms with E-state index in [2.05, 4.69) is 10.3 Å². The number of carboxylic acids is 1. The van der Waals surface area contributed by atoms with Crippen molar-refractivity contribution in [3.63, 3.8) is 0 Å². The second-order valence-corrected chi connectivity index (χ2v) is 6.24. The van der Waals surface area contributed by atoms with Crippen LogP contribution in [0.1, 0.15) is 25.0 Å². The van der Waals surface area contributed by atoms with Crippen LogP contribution in [0.25, 0.3) is 0 Å². The smallest absolute Gasteiger partial charge is 0.309 e. The number of amides is 2. The molecule has 0 bridgehead atoms. The molecule has 2 aliphatic rings. The first-order valence-electron chi connectivity index (χ1n) is 6.79. The summed E-state index contributed by atoms with van der Waals surface area (Å²) in [4.78, 5) is 40.4. The summed E-state index contributed by atoms with van der Waals surface area (Å²) in [6.45, 7) is 0.475. The fourth-order valence-electron chi connectivity index (χ4n) is 2.45. The van der Waals surface area contributed by atoms with Gasteiger partial charge in [-0.25, -0.2) is 4.98 Å². The van der Waals surface area contributed by atoms with E-state index >= 15 is 0 Å². The van der Waals surface area contributed by atoms with Gasteiger partial charge in [-0.2, -0.15) is 0 Å². The summed E-state index contributed by atoms with van der Waals surface area (Å²) < 4.78 is 0. The Hall–Kier alpha value is -1.96. The minimum Gasteiger partial charge on any atom is -0.481 e. The van der Waals surface area contributed by atoms with E-state index in [4.69, 9.17) is 5.11 Å². The summed E-state index contributed by atoms with van der Waals surface area (Å²) in [7, 11) is 0. The van der Waals surface area contributed by atoms with Crippen molar-refractivity contribution in [2.75, 3.05) is 11.9 Å². The predicted octanol–water partition coefficient (Wildman–Crippen LogP) is 0.720. The zero-order valence-electron chi connectivity index (χ0n) is 11.2. The summed E-state index contributed by atoms with van der Waals surface area (Å²) in [5.74, 6) is -1.48. The Morgan fingerprint density at radius 2 is 2.24 bits per heavy atom. The predicted molar refractivity (Wildman–Crippen MR) is 74.9 cm³/mol. The molecule has 1 unspecified atom stereocenters. The SMILES string of the molecule is O=C(O)Cc1csc(NC(=O)C2CC(=O)N(C3CC3)C2)n1. The highest BCUT2D eigenvalue weighted by Gasteiger charge is 2.41. The summed E-state index contributed by atoms with van der Waals surface area (Å²) in [5, 5.41) is 13.3. The molecule has 2 heterocycles. The maximum atomic E-state index is 12.1. The molecule has 1 saturated carbocycles. The van der Waals surface area contributed by atoms with E-state index in [1.807, 2.05) is 0 Å². The number of rotatable bonds is 5. The third-order valence-electron chi connectivity index (χ3n) is 3.63. The van der Waals surface area contributed by atoms with Gasteiger partial charge < -0.3 is 15.3 Å². The number of carboxylic acid groups (broad SMARTS) is 1. The summed E-state index contributed by atoms with van der Waals surface area (Å²) in [6.07, 6.45) is 2.15. The van der Waals surface area contributed by atoms with E-state index in [-0.39, 0.29) is 30.6 Å². The number of hydrogen-bond acceptors (Lipinski definition) is 5. The van der Waals surface area contributed by atoms with Gasteiger partial charge in [-0.05, 0) is 12.8 Å². The number of likely N-dealkylation sites (tertiary alicyclic amines) is 1. The highest BCUT2D eigenvalue weighted by Crippen LogP contribution is 2.33. The molecule has 112 valence electrons. The van der Waals surface area contributed by atoms with E-state index in [9.17, 15) is 14.4 Å². The Bertz CT molecular complexity index is 596. The highest BCUT2D eigenvalue weighted by atomic mass is 32.1. The molecule has 1 aromatic heterocycles. The fraction of sp³-hybridized carbons (Fsp3) is 0.538. The molecule has 21 heavy (non-hydrogen) atoms. The molecule has 1 atom stereocenters. The summed E-state index contributed by atoms with van der Waals surface area (Å²) in [6, 6.07) is 0.331. The van der Waals surface area contributed by atoms with Gasteiger partial charge in [0.1, 0.15) is 0 Å². The number of anilines is 1. The van der Waals surface area contributed by atoms with Gasteiger partial charge in [-0.15, -0.1) is 11.3 Å². The molecule has 0 aromatic carbocycles. The van der Waals surface area contributed by atoms with Crippen LogP contribution in [0, 0.1) is 5.92 Å². The molecule has 2 fully saturated rings. The second-order valence-electron chi connectivity index (χ2n) is 5.38. The van der Waals surface area contributed by atoms with Crippen LogP contribution in [-0.2, 0) is 20.8 Å². The lowest BCUT2D eigenvalue weighted by molar-refractivity contribution is -0.136. The third-order valence-corrected chi connectivity index (χ3v) is 4.44. The topological polar surface area (TPSA) is 99.6 Å². The van der Waals surface area contributed by atoms with Gasteiger partial charge in [-0.1, -0.05) is 0 Å². The van der Waals surface area contributed by atoms with Gasteiger partial charge in [0.2, 0.25) is 11.8 Å². The standard InChI is InChI=1S/C13H15N3O4S/c17-10-3-7(5-16(10)9-1-2-9)12(20)15-13-14-8(6-21-13)4-11(18)19/h6-7,9H,1-5H2,(H,18,19)(H,14,15,20). The minimum absolute atomic E-state index is 0.0448. The summed E-state index contributed by atoms with van der Waals surface area (Å²) in [5.41, 5.74) is 0.421. The highest BCUT2D eigenvalue weighted by molar-refractivity contribution is 7.13.